The maximum absolute atomic E-state index is 11.9. The molecule has 1 heterocycles. The first-order chi connectivity index (χ1) is 8.61. The normalized spacial score (nSPS) is 10.3. The number of rotatable bonds is 3. The Hall–Kier alpha value is -2.30. The highest BCUT2D eigenvalue weighted by Crippen LogP contribution is 2.21. The van der Waals surface area contributed by atoms with Crippen molar-refractivity contribution in [2.24, 2.45) is 0 Å². The third-order valence-corrected chi connectivity index (χ3v) is 2.65. The molecule has 0 unspecified atom stereocenters. The molecule has 0 aliphatic rings. The maximum atomic E-state index is 11.9. The molecule has 0 atom stereocenters. The van der Waals surface area contributed by atoms with Crippen LogP contribution in [0, 0.1) is 0 Å². The Morgan fingerprint density at radius 1 is 1.33 bits per heavy atom. The average Bonchev–Trinajstić information content (AvgIpc) is 2.78. The van der Waals surface area contributed by atoms with Crippen molar-refractivity contribution in [3.8, 4) is 5.75 Å². The zero-order valence-electron chi connectivity index (χ0n) is 10.3. The van der Waals surface area contributed by atoms with Crippen molar-refractivity contribution in [2.45, 2.75) is 6.92 Å². The summed E-state index contributed by atoms with van der Waals surface area (Å²) in [5.74, 6) is 0.349. The van der Waals surface area contributed by atoms with E-state index >= 15 is 0 Å². The molecule has 1 N–H and O–H groups in total. The topological polar surface area (TPSA) is 60.3 Å². The van der Waals surface area contributed by atoms with E-state index < -0.39 is 0 Å². The van der Waals surface area contributed by atoms with Gasteiger partial charge >= 0.3 is 0 Å². The summed E-state index contributed by atoms with van der Waals surface area (Å²) in [7, 11) is 1.60. The van der Waals surface area contributed by atoms with Crippen LogP contribution in [0.2, 0.25) is 0 Å². The van der Waals surface area contributed by atoms with Gasteiger partial charge in [0.25, 0.3) is 0 Å². The van der Waals surface area contributed by atoms with Crippen LogP contribution in [-0.2, 0) is 4.79 Å². The summed E-state index contributed by atoms with van der Waals surface area (Å²) >= 11 is 0. The third kappa shape index (κ3) is 2.34. The summed E-state index contributed by atoms with van der Waals surface area (Å²) in [6.07, 6.45) is 1.69. The second-order valence-corrected chi connectivity index (χ2v) is 3.91. The van der Waals surface area contributed by atoms with Crippen LogP contribution in [0.25, 0.3) is 10.9 Å². The number of aromatic nitrogens is 1. The predicted molar refractivity (Wildman–Crippen MR) is 67.8 cm³/mol. The number of amides is 1. The van der Waals surface area contributed by atoms with Crippen LogP contribution in [-0.4, -0.2) is 30.0 Å². The lowest BCUT2D eigenvalue weighted by Crippen LogP contribution is -2.30. The molecule has 2 aromatic rings. The Kier molecular flexibility index (Phi) is 3.32. The van der Waals surface area contributed by atoms with E-state index in [9.17, 15) is 9.59 Å². The van der Waals surface area contributed by atoms with Crippen molar-refractivity contribution in [1.82, 2.24) is 9.88 Å². The Bertz CT molecular complexity index is 601. The summed E-state index contributed by atoms with van der Waals surface area (Å²) in [5, 5.41) is 3.41. The average molecular weight is 246 g/mol. The Morgan fingerprint density at radius 3 is 2.78 bits per heavy atom. The molecule has 2 rings (SSSR count). The van der Waals surface area contributed by atoms with Crippen molar-refractivity contribution in [2.75, 3.05) is 13.7 Å². The van der Waals surface area contributed by atoms with E-state index in [1.165, 1.54) is 11.5 Å². The molecule has 0 fully saturated rings. The second-order valence-electron chi connectivity index (χ2n) is 3.91. The molecule has 0 spiro atoms. The van der Waals surface area contributed by atoms with E-state index in [1.807, 2.05) is 18.2 Å². The first-order valence-electron chi connectivity index (χ1n) is 5.54. The number of methoxy groups -OCH3 is 1. The first kappa shape index (κ1) is 12.2. The van der Waals surface area contributed by atoms with Gasteiger partial charge in [-0.15, -0.1) is 0 Å². The standard InChI is InChI=1S/C13H14N2O3/c1-9(16)14-8-13(17)15-6-5-10-7-11(18-2)3-4-12(10)15/h3-7H,8H2,1-2H3,(H,14,16). The highest BCUT2D eigenvalue weighted by Gasteiger charge is 2.09. The Morgan fingerprint density at radius 2 is 2.11 bits per heavy atom. The summed E-state index contributed by atoms with van der Waals surface area (Å²) in [4.78, 5) is 22.7. The molecule has 5 heteroatoms. The number of nitrogens with one attached hydrogen (secondary N) is 1. The SMILES string of the molecule is COc1ccc2c(ccn2C(=O)CNC(C)=O)c1. The van der Waals surface area contributed by atoms with Gasteiger partial charge in [0.15, 0.2) is 0 Å². The van der Waals surface area contributed by atoms with Gasteiger partial charge in [0.05, 0.1) is 19.2 Å². The van der Waals surface area contributed by atoms with Gasteiger partial charge in [-0.2, -0.15) is 0 Å². The van der Waals surface area contributed by atoms with Gasteiger partial charge < -0.3 is 10.1 Å². The fraction of sp³-hybridized carbons (Fsp3) is 0.231. The molecular weight excluding hydrogens is 232 g/mol. The smallest absolute Gasteiger partial charge is 0.250 e. The van der Waals surface area contributed by atoms with Crippen LogP contribution < -0.4 is 10.1 Å². The van der Waals surface area contributed by atoms with Gasteiger partial charge in [0.2, 0.25) is 11.8 Å². The van der Waals surface area contributed by atoms with E-state index in [1.54, 1.807) is 19.4 Å². The van der Waals surface area contributed by atoms with E-state index in [2.05, 4.69) is 5.32 Å². The van der Waals surface area contributed by atoms with Crippen LogP contribution >= 0.6 is 0 Å². The van der Waals surface area contributed by atoms with E-state index in [-0.39, 0.29) is 18.4 Å². The Labute approximate surface area is 104 Å². The molecule has 1 aromatic heterocycles. The number of ether oxygens (including phenoxy) is 1. The number of carbonyl (C=O) groups is 2. The van der Waals surface area contributed by atoms with E-state index in [0.29, 0.717) is 0 Å². The van der Waals surface area contributed by atoms with Gasteiger partial charge in [0.1, 0.15) is 5.75 Å². The molecule has 0 radical (unpaired) electrons. The van der Waals surface area contributed by atoms with Crippen LogP contribution in [0.5, 0.6) is 5.75 Å². The lowest BCUT2D eigenvalue weighted by Gasteiger charge is -2.05. The zero-order valence-corrected chi connectivity index (χ0v) is 10.3. The Balaban J connectivity index is 2.29. The first-order valence-corrected chi connectivity index (χ1v) is 5.54. The van der Waals surface area contributed by atoms with Gasteiger partial charge in [-0.1, -0.05) is 0 Å². The molecule has 94 valence electrons. The van der Waals surface area contributed by atoms with Crippen molar-refractivity contribution >= 4 is 22.7 Å². The van der Waals surface area contributed by atoms with Gasteiger partial charge in [-0.05, 0) is 24.3 Å². The number of nitrogens with zero attached hydrogens (tertiary/aromatic N) is 1. The monoisotopic (exact) mass is 246 g/mol. The fourth-order valence-corrected chi connectivity index (χ4v) is 1.75. The molecule has 0 bridgehead atoms. The minimum absolute atomic E-state index is 0.00879. The highest BCUT2D eigenvalue weighted by molar-refractivity contribution is 5.95. The predicted octanol–water partition coefficient (Wildman–Crippen LogP) is 1.43. The molecule has 0 aliphatic carbocycles. The van der Waals surface area contributed by atoms with Crippen LogP contribution in [0.3, 0.4) is 0 Å². The van der Waals surface area contributed by atoms with Gasteiger partial charge in [-0.3, -0.25) is 14.2 Å². The van der Waals surface area contributed by atoms with Gasteiger partial charge in [0, 0.05) is 18.5 Å². The second kappa shape index (κ2) is 4.91. The number of fused-ring (bicyclic) bond motifs is 1. The largest absolute Gasteiger partial charge is 0.497 e. The van der Waals surface area contributed by atoms with Crippen molar-refractivity contribution in [3.05, 3.63) is 30.5 Å². The zero-order chi connectivity index (χ0) is 13.1. The maximum Gasteiger partial charge on any atom is 0.250 e. The summed E-state index contributed by atoms with van der Waals surface area (Å²) in [5.41, 5.74) is 0.797. The molecule has 1 amide bonds. The van der Waals surface area contributed by atoms with Crippen LogP contribution in [0.1, 0.15) is 11.7 Å². The van der Waals surface area contributed by atoms with E-state index in [0.717, 1.165) is 16.7 Å². The molecule has 0 saturated heterocycles. The van der Waals surface area contributed by atoms with Crippen LogP contribution in [0.15, 0.2) is 30.5 Å². The molecule has 5 nitrogen and oxygen atoms in total. The third-order valence-electron chi connectivity index (χ3n) is 2.65. The summed E-state index contributed by atoms with van der Waals surface area (Å²) < 4.78 is 6.64. The number of carbonyl (C=O) groups excluding carboxylic acids is 2. The molecular formula is C13H14N2O3. The van der Waals surface area contributed by atoms with Crippen molar-refractivity contribution in [3.63, 3.8) is 0 Å². The lowest BCUT2D eigenvalue weighted by molar-refractivity contribution is -0.118. The molecule has 1 aromatic carbocycles. The minimum atomic E-state index is -0.221. The lowest BCUT2D eigenvalue weighted by atomic mass is 10.2. The minimum Gasteiger partial charge on any atom is -0.497 e. The number of benzene rings is 1. The fourth-order valence-electron chi connectivity index (χ4n) is 1.75. The van der Waals surface area contributed by atoms with Crippen molar-refractivity contribution < 1.29 is 14.3 Å². The quantitative estimate of drug-likeness (QED) is 0.891. The van der Waals surface area contributed by atoms with Crippen molar-refractivity contribution in [1.29, 1.82) is 0 Å². The summed E-state index contributed by atoms with van der Waals surface area (Å²) in [6.45, 7) is 1.37. The highest BCUT2D eigenvalue weighted by atomic mass is 16.5. The molecule has 0 saturated carbocycles. The number of hydrogen-bond donors (Lipinski definition) is 1. The molecule has 18 heavy (non-hydrogen) atoms. The summed E-state index contributed by atoms with van der Waals surface area (Å²) in [6, 6.07) is 7.31. The van der Waals surface area contributed by atoms with Crippen LogP contribution in [0.4, 0.5) is 0 Å². The number of hydrogen-bond acceptors (Lipinski definition) is 3. The van der Waals surface area contributed by atoms with E-state index in [4.69, 9.17) is 4.74 Å². The molecule has 0 aliphatic heterocycles. The van der Waals surface area contributed by atoms with Gasteiger partial charge in [-0.25, -0.2) is 0 Å².